The van der Waals surface area contributed by atoms with Crippen LogP contribution in [-0.4, -0.2) is 17.5 Å². The molecule has 1 aliphatic carbocycles. The standard InChI is InChI=1S/C17H24N2O/c1-10-6-5-7-13(11(10)2)12(3)17-9-16(17,4)8-14(19-17)15(18)20/h5-7,12,14,19H,8-9H2,1-4H3,(H2,18,20)/t12-,14?,16?,17?/m0/s1. The smallest absolute Gasteiger partial charge is 0.234 e. The molecule has 3 rings (SSSR count). The van der Waals surface area contributed by atoms with E-state index in [1.54, 1.807) is 0 Å². The summed E-state index contributed by atoms with van der Waals surface area (Å²) in [4.78, 5) is 11.5. The van der Waals surface area contributed by atoms with E-state index in [1.165, 1.54) is 16.7 Å². The predicted octanol–water partition coefficient (Wildman–Crippen LogP) is 2.40. The maximum Gasteiger partial charge on any atom is 0.234 e. The second-order valence-electron chi connectivity index (χ2n) is 7.02. The van der Waals surface area contributed by atoms with Crippen molar-refractivity contribution < 1.29 is 4.79 Å². The van der Waals surface area contributed by atoms with Gasteiger partial charge in [-0.3, -0.25) is 10.1 Å². The predicted molar refractivity (Wildman–Crippen MR) is 80.5 cm³/mol. The molecule has 3 heteroatoms. The van der Waals surface area contributed by atoms with Crippen molar-refractivity contribution in [3.8, 4) is 0 Å². The van der Waals surface area contributed by atoms with Crippen molar-refractivity contribution in [2.45, 2.75) is 58.0 Å². The highest BCUT2D eigenvalue weighted by molar-refractivity contribution is 5.81. The Labute approximate surface area is 120 Å². The van der Waals surface area contributed by atoms with Crippen LogP contribution in [0.2, 0.25) is 0 Å². The molecule has 1 aromatic carbocycles. The van der Waals surface area contributed by atoms with E-state index < -0.39 is 0 Å². The van der Waals surface area contributed by atoms with Crippen molar-refractivity contribution in [1.82, 2.24) is 5.32 Å². The first-order valence-corrected chi connectivity index (χ1v) is 7.44. The van der Waals surface area contributed by atoms with Crippen LogP contribution in [0.1, 0.15) is 49.3 Å². The van der Waals surface area contributed by atoms with Gasteiger partial charge >= 0.3 is 0 Å². The van der Waals surface area contributed by atoms with Gasteiger partial charge in [-0.25, -0.2) is 0 Å². The molecular weight excluding hydrogens is 248 g/mol. The molecule has 3 N–H and O–H groups in total. The van der Waals surface area contributed by atoms with E-state index in [2.05, 4.69) is 51.2 Å². The molecule has 1 aliphatic heterocycles. The van der Waals surface area contributed by atoms with Gasteiger partial charge in [-0.05, 0) is 48.8 Å². The highest BCUT2D eigenvalue weighted by atomic mass is 16.1. The maximum atomic E-state index is 11.5. The van der Waals surface area contributed by atoms with E-state index in [1.807, 2.05) is 0 Å². The fourth-order valence-corrected chi connectivity index (χ4v) is 4.34. The summed E-state index contributed by atoms with van der Waals surface area (Å²) in [6, 6.07) is 6.34. The van der Waals surface area contributed by atoms with Crippen molar-refractivity contribution in [2.75, 3.05) is 0 Å². The molecule has 2 fully saturated rings. The number of aryl methyl sites for hydroxylation is 1. The Morgan fingerprint density at radius 2 is 2.15 bits per heavy atom. The van der Waals surface area contributed by atoms with Crippen molar-refractivity contribution in [3.05, 3.63) is 34.9 Å². The first-order valence-electron chi connectivity index (χ1n) is 7.44. The molecule has 3 unspecified atom stereocenters. The number of carbonyl (C=O) groups is 1. The summed E-state index contributed by atoms with van der Waals surface area (Å²) in [5.74, 6) is 0.183. The van der Waals surface area contributed by atoms with Gasteiger partial charge in [0.15, 0.2) is 0 Å². The Bertz CT molecular complexity index is 582. The molecular formula is C17H24N2O. The lowest BCUT2D eigenvalue weighted by molar-refractivity contribution is -0.120. The average molecular weight is 272 g/mol. The van der Waals surface area contributed by atoms with Gasteiger partial charge in [0.05, 0.1) is 6.04 Å². The van der Waals surface area contributed by atoms with Gasteiger partial charge in [0.1, 0.15) is 0 Å². The molecule has 0 spiro atoms. The van der Waals surface area contributed by atoms with Crippen LogP contribution in [0, 0.1) is 19.3 Å². The summed E-state index contributed by atoms with van der Waals surface area (Å²) >= 11 is 0. The SMILES string of the molecule is Cc1cccc([C@H](C)C23CC2(C)CC(C(N)=O)N3)c1C. The number of fused-ring (bicyclic) bond motifs is 1. The summed E-state index contributed by atoms with van der Waals surface area (Å²) in [6.07, 6.45) is 2.01. The molecule has 108 valence electrons. The van der Waals surface area contributed by atoms with E-state index in [-0.39, 0.29) is 22.9 Å². The molecule has 20 heavy (non-hydrogen) atoms. The lowest BCUT2D eigenvalue weighted by atomic mass is 9.83. The lowest BCUT2D eigenvalue weighted by Gasteiger charge is -2.27. The number of primary amides is 1. The van der Waals surface area contributed by atoms with Gasteiger partial charge in [0.2, 0.25) is 5.91 Å². The fourth-order valence-electron chi connectivity index (χ4n) is 4.34. The zero-order chi connectivity index (χ0) is 14.7. The molecule has 2 aliphatic rings. The van der Waals surface area contributed by atoms with Gasteiger partial charge in [-0.15, -0.1) is 0 Å². The fraction of sp³-hybridized carbons (Fsp3) is 0.588. The van der Waals surface area contributed by atoms with Gasteiger partial charge in [-0.1, -0.05) is 32.0 Å². The summed E-state index contributed by atoms with van der Waals surface area (Å²) in [5, 5.41) is 3.55. The van der Waals surface area contributed by atoms with E-state index in [0.717, 1.165) is 12.8 Å². The van der Waals surface area contributed by atoms with Crippen molar-refractivity contribution in [3.63, 3.8) is 0 Å². The average Bonchev–Trinajstić information content (AvgIpc) is 2.86. The normalized spacial score (nSPS) is 36.5. The number of nitrogens with two attached hydrogens (primary N) is 1. The summed E-state index contributed by atoms with van der Waals surface area (Å²) in [6.45, 7) is 8.91. The Morgan fingerprint density at radius 1 is 1.45 bits per heavy atom. The Morgan fingerprint density at radius 3 is 2.75 bits per heavy atom. The third kappa shape index (κ3) is 1.65. The molecule has 1 aromatic rings. The minimum absolute atomic E-state index is 0.0469. The Hall–Kier alpha value is -1.35. The van der Waals surface area contributed by atoms with E-state index in [4.69, 9.17) is 5.73 Å². The van der Waals surface area contributed by atoms with Crippen LogP contribution in [0.25, 0.3) is 0 Å². The zero-order valence-electron chi connectivity index (χ0n) is 12.8. The second kappa shape index (κ2) is 4.08. The number of hydrogen-bond acceptors (Lipinski definition) is 2. The van der Waals surface area contributed by atoms with Gasteiger partial charge < -0.3 is 5.73 Å². The summed E-state index contributed by atoms with van der Waals surface area (Å²) < 4.78 is 0. The molecule has 1 saturated heterocycles. The van der Waals surface area contributed by atoms with E-state index in [9.17, 15) is 4.79 Å². The topological polar surface area (TPSA) is 55.1 Å². The number of piperidine rings is 1. The summed E-state index contributed by atoms with van der Waals surface area (Å²) in [5.41, 5.74) is 9.84. The highest BCUT2D eigenvalue weighted by Gasteiger charge is 2.72. The second-order valence-corrected chi connectivity index (χ2v) is 7.02. The van der Waals surface area contributed by atoms with Crippen LogP contribution in [0.5, 0.6) is 0 Å². The summed E-state index contributed by atoms with van der Waals surface area (Å²) in [7, 11) is 0. The number of nitrogens with one attached hydrogen (secondary N) is 1. The molecule has 3 nitrogen and oxygen atoms in total. The van der Waals surface area contributed by atoms with Crippen molar-refractivity contribution in [2.24, 2.45) is 11.1 Å². The van der Waals surface area contributed by atoms with Crippen molar-refractivity contribution >= 4 is 5.91 Å². The highest BCUT2D eigenvalue weighted by Crippen LogP contribution is 2.68. The molecule has 1 heterocycles. The van der Waals surface area contributed by atoms with Gasteiger partial charge in [-0.2, -0.15) is 0 Å². The molecule has 1 amide bonds. The molecule has 0 aromatic heterocycles. The zero-order valence-corrected chi connectivity index (χ0v) is 12.8. The van der Waals surface area contributed by atoms with Crippen molar-refractivity contribution in [1.29, 1.82) is 0 Å². The van der Waals surface area contributed by atoms with Crippen LogP contribution in [-0.2, 0) is 4.79 Å². The maximum absolute atomic E-state index is 11.5. The first kappa shape index (κ1) is 13.6. The number of amides is 1. The lowest BCUT2D eigenvalue weighted by Crippen LogP contribution is -2.45. The molecule has 1 saturated carbocycles. The third-order valence-corrected chi connectivity index (χ3v) is 5.90. The van der Waals surface area contributed by atoms with Crippen LogP contribution >= 0.6 is 0 Å². The van der Waals surface area contributed by atoms with E-state index in [0.29, 0.717) is 5.92 Å². The minimum Gasteiger partial charge on any atom is -0.368 e. The number of carbonyl (C=O) groups excluding carboxylic acids is 1. The number of hydrogen-bond donors (Lipinski definition) is 2. The monoisotopic (exact) mass is 272 g/mol. The van der Waals surface area contributed by atoms with Gasteiger partial charge in [0, 0.05) is 11.5 Å². The molecule has 0 radical (unpaired) electrons. The minimum atomic E-state index is -0.217. The van der Waals surface area contributed by atoms with Crippen LogP contribution in [0.3, 0.4) is 0 Å². The number of rotatable bonds is 3. The van der Waals surface area contributed by atoms with Crippen LogP contribution in [0.15, 0.2) is 18.2 Å². The van der Waals surface area contributed by atoms with Crippen LogP contribution < -0.4 is 11.1 Å². The van der Waals surface area contributed by atoms with Gasteiger partial charge in [0.25, 0.3) is 0 Å². The Kier molecular flexibility index (Phi) is 2.78. The quantitative estimate of drug-likeness (QED) is 0.887. The first-order chi connectivity index (χ1) is 9.31. The largest absolute Gasteiger partial charge is 0.368 e. The van der Waals surface area contributed by atoms with Crippen LogP contribution in [0.4, 0.5) is 0 Å². The molecule has 4 atom stereocenters. The third-order valence-electron chi connectivity index (χ3n) is 5.90. The van der Waals surface area contributed by atoms with E-state index >= 15 is 0 Å². The molecule has 0 bridgehead atoms. The Balaban J connectivity index is 1.94. The number of benzene rings is 1.